The van der Waals surface area contributed by atoms with Gasteiger partial charge in [0.05, 0.1) is 0 Å². The number of amides is 1. The Labute approximate surface area is 108 Å². The van der Waals surface area contributed by atoms with Gasteiger partial charge in [0, 0.05) is 11.9 Å². The van der Waals surface area contributed by atoms with Crippen LogP contribution in [-0.4, -0.2) is 39.8 Å². The second-order valence-electron chi connectivity index (χ2n) is 4.40. The predicted octanol–water partition coefficient (Wildman–Crippen LogP) is 0.549. The lowest BCUT2D eigenvalue weighted by atomic mass is 10.2. The van der Waals surface area contributed by atoms with E-state index in [0.717, 1.165) is 11.9 Å². The van der Waals surface area contributed by atoms with Crippen molar-refractivity contribution in [2.24, 2.45) is 4.40 Å². The zero-order valence-corrected chi connectivity index (χ0v) is 10.9. The molecule has 8 nitrogen and oxygen atoms in total. The Morgan fingerprint density at radius 2 is 2.17 bits per heavy atom. The van der Waals surface area contributed by atoms with E-state index in [-0.39, 0.29) is 5.84 Å². The summed E-state index contributed by atoms with van der Waals surface area (Å²) in [6.45, 7) is 5.18. The maximum Gasteiger partial charge on any atom is 0.409 e. The van der Waals surface area contributed by atoms with Crippen LogP contribution in [0.1, 0.15) is 20.8 Å². The minimum Gasteiger partial charge on any atom is -0.476 e. The van der Waals surface area contributed by atoms with Gasteiger partial charge in [0.15, 0.2) is 17.0 Å². The molecule has 18 heavy (non-hydrogen) atoms. The third kappa shape index (κ3) is 4.24. The third-order valence-corrected chi connectivity index (χ3v) is 2.35. The predicted molar refractivity (Wildman–Crippen MR) is 66.7 cm³/mol. The number of alkyl carbamates (subject to hydrolysis) is 1. The fraction of sp³-hybridized carbons (Fsp3) is 0.556. The monoisotopic (exact) mass is 274 g/mol. The van der Waals surface area contributed by atoms with Crippen molar-refractivity contribution in [1.82, 2.24) is 10.6 Å². The lowest BCUT2D eigenvalue weighted by Crippen LogP contribution is -2.46. The molecule has 0 aromatic rings. The molecule has 4 N–H and O–H groups in total. The number of hydrogen-bond acceptors (Lipinski definition) is 7. The van der Waals surface area contributed by atoms with Gasteiger partial charge in [0.1, 0.15) is 5.60 Å². The van der Waals surface area contributed by atoms with E-state index in [1.807, 2.05) is 0 Å². The van der Waals surface area contributed by atoms with Crippen LogP contribution in [0, 0.1) is 5.41 Å². The Balaban J connectivity index is 2.44. The average molecular weight is 274 g/mol. The zero-order valence-electron chi connectivity index (χ0n) is 10.1. The van der Waals surface area contributed by atoms with Crippen molar-refractivity contribution in [3.8, 4) is 0 Å². The minimum atomic E-state index is -1.39. The summed E-state index contributed by atoms with van der Waals surface area (Å²) in [5.74, 6) is -1.48. The molecule has 9 heteroatoms. The highest BCUT2D eigenvalue weighted by molar-refractivity contribution is 7.99. The second-order valence-corrected chi connectivity index (χ2v) is 5.26. The molecule has 0 aromatic carbocycles. The molecule has 0 saturated carbocycles. The van der Waals surface area contributed by atoms with Gasteiger partial charge in [0.2, 0.25) is 0 Å². The number of ether oxygens (including phenoxy) is 1. The van der Waals surface area contributed by atoms with Crippen LogP contribution in [0.3, 0.4) is 0 Å². The number of rotatable bonds is 3. The highest BCUT2D eigenvalue weighted by Crippen LogP contribution is 2.15. The summed E-state index contributed by atoms with van der Waals surface area (Å²) in [7, 11) is 0. The lowest BCUT2D eigenvalue weighted by Gasteiger charge is -2.21. The first-order valence-corrected chi connectivity index (χ1v) is 5.85. The number of carbonyl (C=O) groups excluding carboxylic acids is 1. The highest BCUT2D eigenvalue weighted by atomic mass is 32.2. The van der Waals surface area contributed by atoms with Gasteiger partial charge < -0.3 is 15.2 Å². The summed E-state index contributed by atoms with van der Waals surface area (Å²) >= 11 is 0.911. The Bertz CT molecular complexity index is 415. The normalized spacial score (nSPS) is 18.6. The quantitative estimate of drug-likeness (QED) is 0.440. The first kappa shape index (κ1) is 14.3. The molecule has 1 atom stereocenters. The smallest absolute Gasteiger partial charge is 0.409 e. The maximum absolute atomic E-state index is 11.4. The summed E-state index contributed by atoms with van der Waals surface area (Å²) < 4.78 is 8.75. The summed E-state index contributed by atoms with van der Waals surface area (Å²) in [4.78, 5) is 22.0. The van der Waals surface area contributed by atoms with Crippen molar-refractivity contribution in [2.75, 3.05) is 0 Å². The van der Waals surface area contributed by atoms with E-state index in [2.05, 4.69) is 15.0 Å². The molecule has 1 aliphatic rings. The van der Waals surface area contributed by atoms with Crippen molar-refractivity contribution in [1.29, 1.82) is 5.41 Å². The maximum atomic E-state index is 11.4. The van der Waals surface area contributed by atoms with Crippen molar-refractivity contribution in [3.63, 3.8) is 0 Å². The molecule has 1 rings (SSSR count). The molecule has 0 aromatic heterocycles. The van der Waals surface area contributed by atoms with Gasteiger partial charge in [-0.05, 0) is 20.8 Å². The van der Waals surface area contributed by atoms with E-state index >= 15 is 0 Å². The number of nitrogens with zero attached hydrogens (tertiary/aromatic N) is 1. The van der Waals surface area contributed by atoms with Crippen LogP contribution >= 0.6 is 11.9 Å². The van der Waals surface area contributed by atoms with Gasteiger partial charge in [-0.25, -0.2) is 9.59 Å². The topological polar surface area (TPSA) is 124 Å². The second kappa shape index (κ2) is 5.25. The summed E-state index contributed by atoms with van der Waals surface area (Å²) in [6, 6.07) is 0. The molecule has 0 spiro atoms. The van der Waals surface area contributed by atoms with Crippen molar-refractivity contribution < 1.29 is 19.4 Å². The number of carboxylic acids is 1. The van der Waals surface area contributed by atoms with Crippen molar-refractivity contribution >= 4 is 35.6 Å². The molecule has 1 amide bonds. The van der Waals surface area contributed by atoms with Gasteiger partial charge >= 0.3 is 12.1 Å². The van der Waals surface area contributed by atoms with E-state index < -0.39 is 28.9 Å². The van der Waals surface area contributed by atoms with Gasteiger partial charge in [-0.15, -0.1) is 0 Å². The first-order chi connectivity index (χ1) is 8.19. The van der Waals surface area contributed by atoms with Crippen LogP contribution in [0.5, 0.6) is 0 Å². The summed E-state index contributed by atoms with van der Waals surface area (Å²) in [5.41, 5.74) is -1.92. The number of carboxylic acid groups (broad SMARTS) is 1. The average Bonchev–Trinajstić information content (AvgIpc) is 2.61. The lowest BCUT2D eigenvalue weighted by molar-refractivity contribution is -0.129. The van der Waals surface area contributed by atoms with Crippen LogP contribution in [-0.2, 0) is 9.53 Å². The van der Waals surface area contributed by atoms with Crippen molar-refractivity contribution in [2.45, 2.75) is 31.9 Å². The number of amidine groups is 1. The standard InChI is InChI=1S/C9H14N4O4S/c1-9(2,3)17-8(16)12-7-11-5(13-18-7)4(10)6(14)15/h7,10H,1-3H3,(H,11,13)(H,12,16)(H,14,15). The van der Waals surface area contributed by atoms with Crippen molar-refractivity contribution in [3.05, 3.63) is 0 Å². The van der Waals surface area contributed by atoms with Gasteiger partial charge in [0.25, 0.3) is 0 Å². The fourth-order valence-corrected chi connectivity index (χ4v) is 1.65. The van der Waals surface area contributed by atoms with Crippen LogP contribution < -0.4 is 10.6 Å². The summed E-state index contributed by atoms with van der Waals surface area (Å²) in [6.07, 6.45) is -0.647. The molecule has 0 fully saturated rings. The molecule has 100 valence electrons. The van der Waals surface area contributed by atoms with E-state index in [0.29, 0.717) is 0 Å². The van der Waals surface area contributed by atoms with Crippen LogP contribution in [0.25, 0.3) is 0 Å². The molecule has 0 bridgehead atoms. The SMILES string of the molecule is CC(C)(C)OC(=O)NC1NC(C(=N)C(=O)O)=NS1. The minimum absolute atomic E-state index is 0.0893. The first-order valence-electron chi connectivity index (χ1n) is 5.01. The fourth-order valence-electron chi connectivity index (χ4n) is 0.978. The number of nitrogens with one attached hydrogen (secondary N) is 3. The highest BCUT2D eigenvalue weighted by Gasteiger charge is 2.27. The van der Waals surface area contributed by atoms with E-state index in [9.17, 15) is 9.59 Å². The molecular formula is C9H14N4O4S. The Hall–Kier alpha value is -1.77. The van der Waals surface area contributed by atoms with Gasteiger partial charge in [-0.3, -0.25) is 10.7 Å². The molecule has 0 saturated heterocycles. The van der Waals surface area contributed by atoms with E-state index in [1.165, 1.54) is 0 Å². The Kier molecular flexibility index (Phi) is 4.17. The molecular weight excluding hydrogens is 260 g/mol. The van der Waals surface area contributed by atoms with E-state index in [1.54, 1.807) is 20.8 Å². The zero-order chi connectivity index (χ0) is 13.9. The third-order valence-electron chi connectivity index (χ3n) is 1.62. The number of carbonyl (C=O) groups is 2. The van der Waals surface area contributed by atoms with Crippen LogP contribution in [0.4, 0.5) is 4.79 Å². The van der Waals surface area contributed by atoms with Crippen LogP contribution in [0.15, 0.2) is 4.40 Å². The van der Waals surface area contributed by atoms with Gasteiger partial charge in [-0.2, -0.15) is 4.40 Å². The largest absolute Gasteiger partial charge is 0.476 e. The number of aliphatic carboxylic acids is 1. The molecule has 0 aliphatic carbocycles. The summed E-state index contributed by atoms with van der Waals surface area (Å²) in [5, 5.41) is 20.8. The Morgan fingerprint density at radius 3 is 2.67 bits per heavy atom. The van der Waals surface area contributed by atoms with E-state index in [4.69, 9.17) is 15.3 Å². The van der Waals surface area contributed by atoms with Crippen LogP contribution in [0.2, 0.25) is 0 Å². The number of hydrogen-bond donors (Lipinski definition) is 4. The molecule has 1 unspecified atom stereocenters. The van der Waals surface area contributed by atoms with Gasteiger partial charge in [-0.1, -0.05) is 0 Å². The Morgan fingerprint density at radius 1 is 1.56 bits per heavy atom. The molecule has 1 aliphatic heterocycles. The molecule has 0 radical (unpaired) electrons. The molecule has 1 heterocycles.